The molecule has 1 aliphatic rings. The van der Waals surface area contributed by atoms with Gasteiger partial charge in [-0.3, -0.25) is 5.32 Å². The molecule has 1 aromatic carbocycles. The number of aromatic hydroxyl groups is 1. The molecule has 6 heteroatoms. The SMILES string of the molecule is O=c1oc2c(CNc3cccc[nH+]3)c(O)c(Cl)cc2c2c1CCC2. The average molecular weight is 344 g/mol. The zero-order valence-corrected chi connectivity index (χ0v) is 13.6. The first-order valence-corrected chi connectivity index (χ1v) is 8.22. The third-order valence-corrected chi connectivity index (χ3v) is 4.74. The van der Waals surface area contributed by atoms with Crippen LogP contribution in [0.4, 0.5) is 5.82 Å². The molecule has 0 radical (unpaired) electrons. The first kappa shape index (κ1) is 15.0. The van der Waals surface area contributed by atoms with Gasteiger partial charge in [-0.15, -0.1) is 0 Å². The summed E-state index contributed by atoms with van der Waals surface area (Å²) in [7, 11) is 0. The molecule has 5 nitrogen and oxygen atoms in total. The molecule has 3 N–H and O–H groups in total. The maximum Gasteiger partial charge on any atom is 0.339 e. The summed E-state index contributed by atoms with van der Waals surface area (Å²) in [4.78, 5) is 15.3. The maximum atomic E-state index is 12.2. The Labute approximate surface area is 142 Å². The Kier molecular flexibility index (Phi) is 3.65. The first-order valence-electron chi connectivity index (χ1n) is 7.84. The zero-order valence-electron chi connectivity index (χ0n) is 12.9. The number of hydrogen-bond acceptors (Lipinski definition) is 4. The Morgan fingerprint density at radius 1 is 1.29 bits per heavy atom. The minimum Gasteiger partial charge on any atom is -0.506 e. The van der Waals surface area contributed by atoms with Gasteiger partial charge in [0.1, 0.15) is 17.9 Å². The van der Waals surface area contributed by atoms with E-state index in [4.69, 9.17) is 16.0 Å². The van der Waals surface area contributed by atoms with Crippen molar-refractivity contribution >= 4 is 28.4 Å². The monoisotopic (exact) mass is 343 g/mol. The van der Waals surface area contributed by atoms with Crippen molar-refractivity contribution in [2.45, 2.75) is 25.8 Å². The second-order valence-corrected chi connectivity index (χ2v) is 6.30. The fourth-order valence-electron chi connectivity index (χ4n) is 3.29. The molecule has 24 heavy (non-hydrogen) atoms. The minimum absolute atomic E-state index is 0.0614. The Balaban J connectivity index is 1.86. The van der Waals surface area contributed by atoms with Crippen molar-refractivity contribution in [3.63, 3.8) is 0 Å². The lowest BCUT2D eigenvalue weighted by Gasteiger charge is -2.11. The number of aromatic nitrogens is 1. The number of benzene rings is 1. The molecule has 0 unspecified atom stereocenters. The largest absolute Gasteiger partial charge is 0.506 e. The van der Waals surface area contributed by atoms with Gasteiger partial charge in [0.15, 0.2) is 0 Å². The van der Waals surface area contributed by atoms with Crippen molar-refractivity contribution in [1.82, 2.24) is 0 Å². The van der Waals surface area contributed by atoms with Crippen molar-refractivity contribution < 1.29 is 14.5 Å². The number of nitrogens with one attached hydrogen (secondary N) is 2. The zero-order chi connectivity index (χ0) is 16.7. The van der Waals surface area contributed by atoms with Gasteiger partial charge in [-0.05, 0) is 37.0 Å². The topological polar surface area (TPSA) is 76.6 Å². The van der Waals surface area contributed by atoms with Crippen LogP contribution in [0.25, 0.3) is 11.0 Å². The fourth-order valence-corrected chi connectivity index (χ4v) is 3.51. The van der Waals surface area contributed by atoms with Crippen LogP contribution in [-0.2, 0) is 19.4 Å². The van der Waals surface area contributed by atoms with E-state index in [9.17, 15) is 9.90 Å². The Morgan fingerprint density at radius 2 is 2.12 bits per heavy atom. The smallest absolute Gasteiger partial charge is 0.339 e. The quantitative estimate of drug-likeness (QED) is 0.716. The van der Waals surface area contributed by atoms with Gasteiger partial charge < -0.3 is 9.52 Å². The molecule has 0 saturated heterocycles. The fraction of sp³-hybridized carbons (Fsp3) is 0.222. The number of H-pyrrole nitrogens is 1. The molecule has 4 rings (SSSR count). The summed E-state index contributed by atoms with van der Waals surface area (Å²) < 4.78 is 5.54. The van der Waals surface area contributed by atoms with Crippen LogP contribution in [0.15, 0.2) is 39.7 Å². The number of anilines is 1. The van der Waals surface area contributed by atoms with E-state index in [1.54, 1.807) is 12.3 Å². The Morgan fingerprint density at radius 3 is 2.92 bits per heavy atom. The number of pyridine rings is 1. The van der Waals surface area contributed by atoms with Gasteiger partial charge in [-0.2, -0.15) is 0 Å². The van der Waals surface area contributed by atoms with Gasteiger partial charge in [0.05, 0.1) is 16.8 Å². The molecule has 0 bridgehead atoms. The molecule has 0 aliphatic heterocycles. The van der Waals surface area contributed by atoms with Crippen molar-refractivity contribution in [2.24, 2.45) is 0 Å². The molecule has 3 aromatic rings. The van der Waals surface area contributed by atoms with Gasteiger partial charge in [0.25, 0.3) is 5.82 Å². The summed E-state index contributed by atoms with van der Waals surface area (Å²) in [6.45, 7) is 0.283. The van der Waals surface area contributed by atoms with Crippen molar-refractivity contribution in [3.8, 4) is 5.75 Å². The van der Waals surface area contributed by atoms with Gasteiger partial charge in [0, 0.05) is 17.0 Å². The molecule has 0 fully saturated rings. The molecule has 0 atom stereocenters. The number of phenols is 1. The van der Waals surface area contributed by atoms with E-state index < -0.39 is 0 Å². The van der Waals surface area contributed by atoms with Gasteiger partial charge in [0.2, 0.25) is 0 Å². The van der Waals surface area contributed by atoms with Crippen LogP contribution in [0.1, 0.15) is 23.1 Å². The van der Waals surface area contributed by atoms with Crippen molar-refractivity contribution in [1.29, 1.82) is 0 Å². The van der Waals surface area contributed by atoms with Crippen LogP contribution >= 0.6 is 11.6 Å². The summed E-state index contributed by atoms with van der Waals surface area (Å²) in [6, 6.07) is 7.33. The third kappa shape index (κ3) is 2.41. The number of rotatable bonds is 3. The normalized spacial score (nSPS) is 13.2. The molecule has 122 valence electrons. The Hall–Kier alpha value is -2.53. The van der Waals surface area contributed by atoms with Gasteiger partial charge in [-0.25, -0.2) is 9.78 Å². The highest BCUT2D eigenvalue weighted by Gasteiger charge is 2.24. The predicted octanol–water partition coefficient (Wildman–Crippen LogP) is 3.07. The molecule has 2 aromatic heterocycles. The molecular weight excluding hydrogens is 328 g/mol. The van der Waals surface area contributed by atoms with Gasteiger partial charge in [-0.1, -0.05) is 17.7 Å². The second-order valence-electron chi connectivity index (χ2n) is 5.89. The number of aromatic amines is 1. The highest BCUT2D eigenvalue weighted by Crippen LogP contribution is 2.38. The maximum absolute atomic E-state index is 12.2. The lowest BCUT2D eigenvalue weighted by molar-refractivity contribution is -0.361. The van der Waals surface area contributed by atoms with Crippen molar-refractivity contribution in [2.75, 3.05) is 5.32 Å². The molecule has 0 saturated carbocycles. The summed E-state index contributed by atoms with van der Waals surface area (Å²) in [5.41, 5.74) is 2.31. The van der Waals surface area contributed by atoms with E-state index >= 15 is 0 Å². The summed E-state index contributed by atoms with van der Waals surface area (Å²) in [5, 5.41) is 14.6. The summed E-state index contributed by atoms with van der Waals surface area (Å²) in [5.74, 6) is 0.724. The predicted molar refractivity (Wildman–Crippen MR) is 91.5 cm³/mol. The van der Waals surface area contributed by atoms with Crippen LogP contribution in [0.3, 0.4) is 0 Å². The number of phenolic OH excluding ortho intramolecular Hbond substituents is 1. The van der Waals surface area contributed by atoms with Crippen LogP contribution in [0, 0.1) is 0 Å². The van der Waals surface area contributed by atoms with E-state index in [1.165, 1.54) is 0 Å². The number of aryl methyl sites for hydroxylation is 1. The summed E-state index contributed by atoms with van der Waals surface area (Å²) in [6.07, 6.45) is 4.30. The van der Waals surface area contributed by atoms with E-state index in [1.807, 2.05) is 18.2 Å². The summed E-state index contributed by atoms with van der Waals surface area (Å²) >= 11 is 6.21. The first-order chi connectivity index (χ1) is 11.6. The van der Waals surface area contributed by atoms with Gasteiger partial charge >= 0.3 is 5.63 Å². The second kappa shape index (κ2) is 5.83. The molecule has 0 amide bonds. The van der Waals surface area contributed by atoms with E-state index in [0.29, 0.717) is 11.1 Å². The number of hydrogen-bond donors (Lipinski definition) is 2. The number of fused-ring (bicyclic) bond motifs is 3. The Bertz CT molecular complexity index is 983. The molecular formula is C18H16ClN2O3+. The van der Waals surface area contributed by atoms with Crippen LogP contribution in [-0.4, -0.2) is 5.11 Å². The van der Waals surface area contributed by atoms with E-state index in [-0.39, 0.29) is 22.9 Å². The molecule has 0 spiro atoms. The highest BCUT2D eigenvalue weighted by molar-refractivity contribution is 6.33. The lowest BCUT2D eigenvalue weighted by atomic mass is 10.0. The average Bonchev–Trinajstić information content (AvgIpc) is 3.08. The van der Waals surface area contributed by atoms with Crippen LogP contribution < -0.4 is 15.9 Å². The van der Waals surface area contributed by atoms with E-state index in [0.717, 1.165) is 41.6 Å². The third-order valence-electron chi connectivity index (χ3n) is 4.45. The molecule has 1 aliphatic carbocycles. The highest BCUT2D eigenvalue weighted by atomic mass is 35.5. The lowest BCUT2D eigenvalue weighted by Crippen LogP contribution is -2.13. The molecule has 2 heterocycles. The van der Waals surface area contributed by atoms with Crippen molar-refractivity contribution in [3.05, 3.63) is 62.6 Å². The van der Waals surface area contributed by atoms with E-state index in [2.05, 4.69) is 10.3 Å². The van der Waals surface area contributed by atoms with Crippen LogP contribution in [0.2, 0.25) is 5.02 Å². The minimum atomic E-state index is -0.316. The van der Waals surface area contributed by atoms with Crippen LogP contribution in [0.5, 0.6) is 5.75 Å². The number of halogens is 1. The standard InChI is InChI=1S/C18H15ClN2O3/c19-14-8-12-10-4-3-5-11(10)18(23)24-17(12)13(16(14)22)9-21-15-6-1-2-7-20-15/h1-2,6-8,22H,3-5,9H2,(H,20,21)/p+1.